The molecule has 0 bridgehead atoms. The Labute approximate surface area is 121 Å². The molecular weight excluding hydrogens is 281 g/mol. The van der Waals surface area contributed by atoms with E-state index in [2.05, 4.69) is 19.9 Å². The molecule has 2 aromatic heterocycles. The minimum atomic E-state index is -0.444. The third kappa shape index (κ3) is 2.65. The van der Waals surface area contributed by atoms with Crippen LogP contribution in [0.1, 0.15) is 0 Å². The first kappa shape index (κ1) is 13.1. The zero-order valence-corrected chi connectivity index (χ0v) is 11.5. The van der Waals surface area contributed by atoms with Gasteiger partial charge in [-0.3, -0.25) is 0 Å². The van der Waals surface area contributed by atoms with Gasteiger partial charge in [0, 0.05) is 32.4 Å². The summed E-state index contributed by atoms with van der Waals surface area (Å²) >= 11 is 5.72. The molecule has 0 unspecified atom stereocenters. The maximum atomic E-state index is 13.7. The summed E-state index contributed by atoms with van der Waals surface area (Å²) < 4.78 is 13.7. The first-order valence-electron chi connectivity index (χ1n) is 6.33. The van der Waals surface area contributed by atoms with Crippen molar-refractivity contribution in [3.05, 3.63) is 41.7 Å². The fourth-order valence-electron chi connectivity index (χ4n) is 2.25. The molecule has 3 heterocycles. The van der Waals surface area contributed by atoms with E-state index < -0.39 is 5.82 Å². The first-order valence-corrected chi connectivity index (χ1v) is 6.71. The molecular formula is C13H13ClFN5. The van der Waals surface area contributed by atoms with Crippen LogP contribution in [0.25, 0.3) is 0 Å². The van der Waals surface area contributed by atoms with Crippen LogP contribution in [0.4, 0.5) is 16.0 Å². The molecule has 20 heavy (non-hydrogen) atoms. The van der Waals surface area contributed by atoms with Crippen LogP contribution in [0.3, 0.4) is 0 Å². The number of hydrogen-bond acceptors (Lipinski definition) is 5. The molecule has 104 valence electrons. The van der Waals surface area contributed by atoms with E-state index in [1.165, 1.54) is 0 Å². The number of hydrogen-bond donors (Lipinski definition) is 0. The molecule has 0 saturated carbocycles. The van der Waals surface area contributed by atoms with E-state index >= 15 is 0 Å². The maximum absolute atomic E-state index is 13.7. The third-order valence-electron chi connectivity index (χ3n) is 3.25. The highest BCUT2D eigenvalue weighted by atomic mass is 35.5. The highest BCUT2D eigenvalue weighted by Crippen LogP contribution is 2.20. The van der Waals surface area contributed by atoms with Crippen LogP contribution in [0.2, 0.25) is 5.28 Å². The Bertz CT molecular complexity index is 587. The van der Waals surface area contributed by atoms with Crippen LogP contribution in [0.5, 0.6) is 0 Å². The molecule has 0 N–H and O–H groups in total. The normalized spacial score (nSPS) is 15.5. The Kier molecular flexibility index (Phi) is 3.64. The average Bonchev–Trinajstić information content (AvgIpc) is 2.51. The van der Waals surface area contributed by atoms with Crippen LogP contribution in [-0.4, -0.2) is 41.1 Å². The Morgan fingerprint density at radius 1 is 1.05 bits per heavy atom. The monoisotopic (exact) mass is 293 g/mol. The highest BCUT2D eigenvalue weighted by Gasteiger charge is 2.21. The Balaban J connectivity index is 1.71. The lowest BCUT2D eigenvalue weighted by Crippen LogP contribution is -2.47. The molecule has 5 nitrogen and oxygen atoms in total. The molecule has 2 aromatic rings. The van der Waals surface area contributed by atoms with Gasteiger partial charge in [-0.2, -0.15) is 4.98 Å². The van der Waals surface area contributed by atoms with Gasteiger partial charge in [-0.15, -0.1) is 0 Å². The van der Waals surface area contributed by atoms with Crippen molar-refractivity contribution >= 4 is 23.2 Å². The molecule has 7 heteroatoms. The van der Waals surface area contributed by atoms with Crippen molar-refractivity contribution in [2.24, 2.45) is 0 Å². The second-order valence-corrected chi connectivity index (χ2v) is 4.81. The van der Waals surface area contributed by atoms with Gasteiger partial charge in [0.15, 0.2) is 11.6 Å². The molecule has 0 spiro atoms. The van der Waals surface area contributed by atoms with Gasteiger partial charge in [-0.25, -0.2) is 14.4 Å². The average molecular weight is 294 g/mol. The van der Waals surface area contributed by atoms with E-state index in [1.54, 1.807) is 6.20 Å². The second kappa shape index (κ2) is 5.58. The molecule has 1 fully saturated rings. The summed E-state index contributed by atoms with van der Waals surface area (Å²) in [6.45, 7) is 2.86. The van der Waals surface area contributed by atoms with Crippen molar-refractivity contribution < 1.29 is 4.39 Å². The summed E-state index contributed by atoms with van der Waals surface area (Å²) in [5, 5.41) is 0.0635. The Morgan fingerprint density at radius 2 is 1.80 bits per heavy atom. The molecule has 0 aliphatic carbocycles. The fraction of sp³-hybridized carbons (Fsp3) is 0.308. The minimum Gasteiger partial charge on any atom is -0.353 e. The van der Waals surface area contributed by atoms with Crippen LogP contribution in [-0.2, 0) is 0 Å². The van der Waals surface area contributed by atoms with Gasteiger partial charge in [-0.1, -0.05) is 6.07 Å². The van der Waals surface area contributed by atoms with Crippen LogP contribution in [0.15, 0.2) is 30.6 Å². The lowest BCUT2D eigenvalue weighted by molar-refractivity contribution is 0.581. The van der Waals surface area contributed by atoms with Crippen LogP contribution < -0.4 is 9.80 Å². The van der Waals surface area contributed by atoms with Crippen LogP contribution in [0, 0.1) is 5.82 Å². The van der Waals surface area contributed by atoms with E-state index in [1.807, 2.05) is 23.1 Å². The second-order valence-electron chi connectivity index (χ2n) is 4.47. The van der Waals surface area contributed by atoms with Gasteiger partial charge in [-0.05, 0) is 23.7 Å². The van der Waals surface area contributed by atoms with Crippen molar-refractivity contribution in [1.29, 1.82) is 0 Å². The topological polar surface area (TPSA) is 45.2 Å². The molecule has 1 aliphatic heterocycles. The minimum absolute atomic E-state index is 0.0635. The molecule has 0 radical (unpaired) electrons. The number of rotatable bonds is 2. The molecule has 0 aromatic carbocycles. The molecule has 3 rings (SSSR count). The van der Waals surface area contributed by atoms with Gasteiger partial charge in [0.05, 0.1) is 6.20 Å². The highest BCUT2D eigenvalue weighted by molar-refractivity contribution is 6.28. The lowest BCUT2D eigenvalue weighted by atomic mass is 10.3. The van der Waals surface area contributed by atoms with Crippen molar-refractivity contribution in [3.8, 4) is 0 Å². The first-order chi connectivity index (χ1) is 9.74. The largest absolute Gasteiger partial charge is 0.353 e. The standard InChI is InChI=1S/C13H13ClFN5/c14-13-17-9-10(15)12(18-13)20-7-5-19(6-8-20)11-3-1-2-4-16-11/h1-4,9H,5-8H2. The fourth-order valence-corrected chi connectivity index (χ4v) is 2.38. The number of nitrogens with zero attached hydrogens (tertiary/aromatic N) is 5. The third-order valence-corrected chi connectivity index (χ3v) is 3.43. The van der Waals surface area contributed by atoms with Crippen LogP contribution >= 0.6 is 11.6 Å². The Morgan fingerprint density at radius 3 is 2.50 bits per heavy atom. The van der Waals surface area contributed by atoms with Gasteiger partial charge >= 0.3 is 0 Å². The number of aromatic nitrogens is 3. The number of pyridine rings is 1. The predicted octanol–water partition coefficient (Wildman–Crippen LogP) is 1.99. The number of anilines is 2. The number of piperazine rings is 1. The van der Waals surface area contributed by atoms with Gasteiger partial charge in [0.1, 0.15) is 5.82 Å². The quantitative estimate of drug-likeness (QED) is 0.793. The van der Waals surface area contributed by atoms with Crippen molar-refractivity contribution in [1.82, 2.24) is 15.0 Å². The molecule has 1 saturated heterocycles. The summed E-state index contributed by atoms with van der Waals surface area (Å²) in [5.74, 6) is 0.764. The van der Waals surface area contributed by atoms with Crippen molar-refractivity contribution in [3.63, 3.8) is 0 Å². The van der Waals surface area contributed by atoms with Crippen molar-refractivity contribution in [2.75, 3.05) is 36.0 Å². The summed E-state index contributed by atoms with van der Waals surface area (Å²) in [6, 6.07) is 5.81. The summed E-state index contributed by atoms with van der Waals surface area (Å²) in [4.78, 5) is 16.0. The van der Waals surface area contributed by atoms with Gasteiger partial charge < -0.3 is 9.80 Å². The zero-order valence-electron chi connectivity index (χ0n) is 10.7. The summed E-state index contributed by atoms with van der Waals surface area (Å²) in [5.41, 5.74) is 0. The van der Waals surface area contributed by atoms with Gasteiger partial charge in [0.2, 0.25) is 5.28 Å². The maximum Gasteiger partial charge on any atom is 0.224 e. The lowest BCUT2D eigenvalue weighted by Gasteiger charge is -2.36. The smallest absolute Gasteiger partial charge is 0.224 e. The van der Waals surface area contributed by atoms with E-state index in [4.69, 9.17) is 11.6 Å². The molecule has 0 atom stereocenters. The summed E-state index contributed by atoms with van der Waals surface area (Å²) in [6.07, 6.45) is 2.88. The number of halogens is 2. The van der Waals surface area contributed by atoms with Gasteiger partial charge in [0.25, 0.3) is 0 Å². The van der Waals surface area contributed by atoms with E-state index in [-0.39, 0.29) is 11.1 Å². The van der Waals surface area contributed by atoms with E-state index in [0.717, 1.165) is 25.1 Å². The molecule has 1 aliphatic rings. The summed E-state index contributed by atoms with van der Waals surface area (Å²) in [7, 11) is 0. The Hall–Kier alpha value is -1.95. The zero-order chi connectivity index (χ0) is 13.9. The van der Waals surface area contributed by atoms with Crippen molar-refractivity contribution in [2.45, 2.75) is 0 Å². The SMILES string of the molecule is Fc1cnc(Cl)nc1N1CCN(c2ccccn2)CC1. The van der Waals surface area contributed by atoms with E-state index in [9.17, 15) is 4.39 Å². The predicted molar refractivity (Wildman–Crippen MR) is 75.7 cm³/mol. The molecule has 0 amide bonds. The van der Waals surface area contributed by atoms with E-state index in [0.29, 0.717) is 13.1 Å².